The molecule has 2 aliphatic rings. The van der Waals surface area contributed by atoms with Gasteiger partial charge in [0.15, 0.2) is 0 Å². The highest BCUT2D eigenvalue weighted by Crippen LogP contribution is 2.51. The van der Waals surface area contributed by atoms with Gasteiger partial charge in [0.25, 0.3) is 0 Å². The number of nitrogens with two attached hydrogens (primary N) is 1. The standard InChI is InChI=1S/C24H31N3O3/c1-23(2,3)30-22(28)27-13-10-24(11-14-27)19-9-5-4-8-18(19)20(25)21(24)29-16-17-7-6-12-26-15-17/h4-9,12,15,20-21H,10-11,13-14,16,25H2,1-3H3/t20-,21+/m1/s1. The normalized spacial score (nSPS) is 22.7. The molecule has 1 aliphatic heterocycles. The second kappa shape index (κ2) is 8.00. The summed E-state index contributed by atoms with van der Waals surface area (Å²) in [6.07, 6.45) is 4.79. The van der Waals surface area contributed by atoms with Gasteiger partial charge in [-0.1, -0.05) is 30.3 Å². The first-order valence-electron chi connectivity index (χ1n) is 10.6. The highest BCUT2D eigenvalue weighted by atomic mass is 16.6. The number of fused-ring (bicyclic) bond motifs is 2. The van der Waals surface area contributed by atoms with Gasteiger partial charge in [-0.2, -0.15) is 0 Å². The summed E-state index contributed by atoms with van der Waals surface area (Å²) in [7, 11) is 0. The molecule has 4 rings (SSSR count). The second-order valence-electron chi connectivity index (χ2n) is 9.33. The van der Waals surface area contributed by atoms with Crippen LogP contribution in [-0.2, 0) is 21.5 Å². The van der Waals surface area contributed by atoms with Crippen molar-refractivity contribution in [3.05, 3.63) is 65.5 Å². The van der Waals surface area contributed by atoms with Crippen LogP contribution >= 0.6 is 0 Å². The van der Waals surface area contributed by atoms with Gasteiger partial charge >= 0.3 is 6.09 Å². The molecule has 2 N–H and O–H groups in total. The first kappa shape index (κ1) is 20.8. The van der Waals surface area contributed by atoms with Gasteiger partial charge in [0.05, 0.1) is 18.8 Å². The Labute approximate surface area is 178 Å². The molecule has 160 valence electrons. The number of carbonyl (C=O) groups is 1. The van der Waals surface area contributed by atoms with Crippen LogP contribution in [0.4, 0.5) is 4.79 Å². The number of carbonyl (C=O) groups excluding carboxylic acids is 1. The van der Waals surface area contributed by atoms with Crippen LogP contribution in [0.15, 0.2) is 48.8 Å². The number of nitrogens with zero attached hydrogens (tertiary/aromatic N) is 2. The maximum atomic E-state index is 12.6. The summed E-state index contributed by atoms with van der Waals surface area (Å²) in [4.78, 5) is 18.5. The molecule has 1 aromatic heterocycles. The number of pyridine rings is 1. The SMILES string of the molecule is CC(C)(C)OC(=O)N1CCC2(CC1)c1ccccc1[C@@H](N)[C@@H]2OCc1cccnc1. The molecule has 0 saturated carbocycles. The van der Waals surface area contributed by atoms with Gasteiger partial charge < -0.3 is 20.1 Å². The van der Waals surface area contributed by atoms with E-state index in [0.717, 1.165) is 24.0 Å². The first-order valence-corrected chi connectivity index (χ1v) is 10.6. The Balaban J connectivity index is 1.55. The van der Waals surface area contributed by atoms with E-state index < -0.39 is 5.60 Å². The molecule has 6 nitrogen and oxygen atoms in total. The van der Waals surface area contributed by atoms with Crippen molar-refractivity contribution in [3.63, 3.8) is 0 Å². The van der Waals surface area contributed by atoms with Gasteiger partial charge in [0, 0.05) is 30.9 Å². The molecule has 1 saturated heterocycles. The lowest BCUT2D eigenvalue weighted by atomic mass is 9.72. The van der Waals surface area contributed by atoms with Gasteiger partial charge in [-0.25, -0.2) is 4.79 Å². The van der Waals surface area contributed by atoms with Crippen molar-refractivity contribution in [2.75, 3.05) is 13.1 Å². The average Bonchev–Trinajstić information content (AvgIpc) is 2.95. The highest BCUT2D eigenvalue weighted by Gasteiger charge is 2.53. The number of ether oxygens (including phenoxy) is 2. The zero-order chi connectivity index (χ0) is 21.4. The molecule has 2 heterocycles. The predicted octanol–water partition coefficient (Wildman–Crippen LogP) is 3.95. The highest BCUT2D eigenvalue weighted by molar-refractivity contribution is 5.68. The van der Waals surface area contributed by atoms with E-state index in [1.54, 1.807) is 11.1 Å². The summed E-state index contributed by atoms with van der Waals surface area (Å²) in [5, 5.41) is 0. The van der Waals surface area contributed by atoms with Crippen LogP contribution in [0.2, 0.25) is 0 Å². The molecule has 1 amide bonds. The smallest absolute Gasteiger partial charge is 0.410 e. The van der Waals surface area contributed by atoms with Gasteiger partial charge in [-0.3, -0.25) is 4.98 Å². The van der Waals surface area contributed by atoms with Crippen LogP contribution < -0.4 is 5.73 Å². The van der Waals surface area contributed by atoms with Crippen LogP contribution in [0.3, 0.4) is 0 Å². The number of amides is 1. The Kier molecular flexibility index (Phi) is 5.55. The third-order valence-electron chi connectivity index (χ3n) is 6.19. The molecule has 2 atom stereocenters. The summed E-state index contributed by atoms with van der Waals surface area (Å²) in [6, 6.07) is 12.1. The Hall–Kier alpha value is -2.44. The maximum absolute atomic E-state index is 12.6. The van der Waals surface area contributed by atoms with Gasteiger partial charge in [-0.15, -0.1) is 0 Å². The molecule has 1 fully saturated rings. The van der Waals surface area contributed by atoms with Crippen LogP contribution in [0.1, 0.15) is 56.3 Å². The maximum Gasteiger partial charge on any atom is 0.410 e. The van der Waals surface area contributed by atoms with E-state index in [4.69, 9.17) is 15.2 Å². The lowest BCUT2D eigenvalue weighted by Crippen LogP contribution is -2.51. The number of rotatable bonds is 3. The molecule has 1 aromatic carbocycles. The zero-order valence-electron chi connectivity index (χ0n) is 18.0. The topological polar surface area (TPSA) is 77.7 Å². The third-order valence-corrected chi connectivity index (χ3v) is 6.19. The molecule has 6 heteroatoms. The minimum absolute atomic E-state index is 0.143. The fraction of sp³-hybridized carbons (Fsp3) is 0.500. The van der Waals surface area contributed by atoms with Crippen LogP contribution in [0.25, 0.3) is 0 Å². The van der Waals surface area contributed by atoms with Crippen molar-refractivity contribution in [1.82, 2.24) is 9.88 Å². The Morgan fingerprint density at radius 2 is 1.93 bits per heavy atom. The van der Waals surface area contributed by atoms with Crippen molar-refractivity contribution < 1.29 is 14.3 Å². The monoisotopic (exact) mass is 409 g/mol. The van der Waals surface area contributed by atoms with E-state index in [-0.39, 0.29) is 23.7 Å². The number of piperidine rings is 1. The minimum Gasteiger partial charge on any atom is -0.444 e. The van der Waals surface area contributed by atoms with E-state index >= 15 is 0 Å². The largest absolute Gasteiger partial charge is 0.444 e. The van der Waals surface area contributed by atoms with Crippen LogP contribution in [-0.4, -0.2) is 40.8 Å². The van der Waals surface area contributed by atoms with E-state index in [1.165, 1.54) is 5.56 Å². The first-order chi connectivity index (χ1) is 14.3. The summed E-state index contributed by atoms with van der Waals surface area (Å²) in [5.41, 5.74) is 9.44. The number of hydrogen-bond acceptors (Lipinski definition) is 5. The van der Waals surface area contributed by atoms with Gasteiger partial charge in [-0.05, 0) is 56.4 Å². The lowest BCUT2D eigenvalue weighted by molar-refractivity contribution is -0.0449. The summed E-state index contributed by atoms with van der Waals surface area (Å²) in [5.74, 6) is 0. The number of hydrogen-bond donors (Lipinski definition) is 1. The van der Waals surface area contributed by atoms with Crippen LogP contribution in [0.5, 0.6) is 0 Å². The Bertz CT molecular complexity index is 886. The zero-order valence-corrected chi connectivity index (χ0v) is 18.0. The van der Waals surface area contributed by atoms with Gasteiger partial charge in [0.2, 0.25) is 0 Å². The van der Waals surface area contributed by atoms with E-state index in [1.807, 2.05) is 45.2 Å². The average molecular weight is 410 g/mol. The third kappa shape index (κ3) is 3.94. The Morgan fingerprint density at radius 3 is 2.60 bits per heavy atom. The fourth-order valence-electron chi connectivity index (χ4n) is 4.80. The molecule has 0 radical (unpaired) electrons. The fourth-order valence-corrected chi connectivity index (χ4v) is 4.80. The molecular formula is C24H31N3O3. The van der Waals surface area contributed by atoms with Gasteiger partial charge in [0.1, 0.15) is 5.60 Å². The van der Waals surface area contributed by atoms with E-state index in [2.05, 4.69) is 23.2 Å². The lowest BCUT2D eigenvalue weighted by Gasteiger charge is -2.44. The predicted molar refractivity (Wildman–Crippen MR) is 115 cm³/mol. The number of aromatic nitrogens is 1. The quantitative estimate of drug-likeness (QED) is 0.831. The van der Waals surface area contributed by atoms with Crippen molar-refractivity contribution in [2.24, 2.45) is 5.73 Å². The second-order valence-corrected chi connectivity index (χ2v) is 9.33. The van der Waals surface area contributed by atoms with Crippen LogP contribution in [0, 0.1) is 0 Å². The van der Waals surface area contributed by atoms with Crippen molar-refractivity contribution >= 4 is 6.09 Å². The molecule has 1 aliphatic carbocycles. The molecule has 0 bridgehead atoms. The summed E-state index contributed by atoms with van der Waals surface area (Å²) >= 11 is 0. The molecule has 1 spiro atoms. The minimum atomic E-state index is -0.496. The number of likely N-dealkylation sites (tertiary alicyclic amines) is 1. The molecule has 0 unspecified atom stereocenters. The molecule has 2 aromatic rings. The van der Waals surface area contributed by atoms with E-state index in [0.29, 0.717) is 19.7 Å². The number of benzene rings is 1. The van der Waals surface area contributed by atoms with E-state index in [9.17, 15) is 4.79 Å². The summed E-state index contributed by atoms with van der Waals surface area (Å²) in [6.45, 7) is 7.41. The summed E-state index contributed by atoms with van der Waals surface area (Å²) < 4.78 is 12.0. The molecular weight excluding hydrogens is 378 g/mol. The van der Waals surface area contributed by atoms with Crippen molar-refractivity contribution in [2.45, 2.75) is 63.4 Å². The van der Waals surface area contributed by atoms with Crippen molar-refractivity contribution in [3.8, 4) is 0 Å². The molecule has 30 heavy (non-hydrogen) atoms. The van der Waals surface area contributed by atoms with Crippen molar-refractivity contribution in [1.29, 1.82) is 0 Å². The Morgan fingerprint density at radius 1 is 1.20 bits per heavy atom.